The first-order chi connectivity index (χ1) is 24.1. The topological polar surface area (TPSA) is 183 Å². The Balaban J connectivity index is 1.28. The van der Waals surface area contributed by atoms with E-state index in [1.165, 1.54) is 108 Å². The third kappa shape index (κ3) is 12.5. The van der Waals surface area contributed by atoms with Crippen molar-refractivity contribution in [2.24, 2.45) is 0 Å². The van der Waals surface area contributed by atoms with Crippen molar-refractivity contribution in [2.45, 2.75) is 166 Å². The van der Waals surface area contributed by atoms with E-state index in [1.807, 2.05) is 0 Å². The smallest absolute Gasteiger partial charge is 0.387 e. The van der Waals surface area contributed by atoms with Crippen LogP contribution < -0.4 is 11.1 Å². The Labute approximate surface area is 299 Å². The van der Waals surface area contributed by atoms with Gasteiger partial charge in [0, 0.05) is 19.3 Å². The Kier molecular flexibility index (Phi) is 19.2. The first-order valence-electron chi connectivity index (χ1n) is 19.1. The number of anilines is 1. The van der Waals surface area contributed by atoms with Gasteiger partial charge in [-0.05, 0) is 52.3 Å². The van der Waals surface area contributed by atoms with Gasteiger partial charge in [-0.1, -0.05) is 96.8 Å². The number of hydrogen-bond donors (Lipinski definition) is 5. The molecule has 0 saturated carbocycles. The maximum absolute atomic E-state index is 12.8. The predicted octanol–water partition coefficient (Wildman–Crippen LogP) is 6.43. The largest absolute Gasteiger partial charge is 0.472 e. The molecule has 0 aliphatic carbocycles. The SMILES string of the molecule is CCCCCCCCCCCCCCCCCOCCCCOP(=O)(O)O[C@@H](C)C1O[C@](c2ccc3c(N)ncnn23)(C(C)NC)[C@H](O)[C@@H]1O. The Morgan fingerprint density at radius 3 is 2.04 bits per heavy atom. The molecule has 1 saturated heterocycles. The summed E-state index contributed by atoms with van der Waals surface area (Å²) in [7, 11) is -2.79. The number of ether oxygens (including phenoxy) is 2. The normalized spacial score (nSPS) is 23.4. The van der Waals surface area contributed by atoms with Crippen molar-refractivity contribution in [3.8, 4) is 0 Å². The number of nitrogens with one attached hydrogen (secondary N) is 1. The van der Waals surface area contributed by atoms with E-state index in [-0.39, 0.29) is 12.4 Å². The van der Waals surface area contributed by atoms with Gasteiger partial charge in [-0.25, -0.2) is 14.1 Å². The first kappa shape index (κ1) is 42.7. The Morgan fingerprint density at radius 1 is 0.920 bits per heavy atom. The average molecular weight is 728 g/mol. The van der Waals surface area contributed by atoms with Crippen molar-refractivity contribution in [1.82, 2.24) is 19.9 Å². The van der Waals surface area contributed by atoms with Gasteiger partial charge in [-0.3, -0.25) is 9.05 Å². The van der Waals surface area contributed by atoms with Crippen LogP contribution in [0.25, 0.3) is 5.52 Å². The summed E-state index contributed by atoms with van der Waals surface area (Å²) in [5.41, 5.74) is 5.45. The van der Waals surface area contributed by atoms with Gasteiger partial charge in [-0.2, -0.15) is 5.10 Å². The molecular weight excluding hydrogens is 661 g/mol. The van der Waals surface area contributed by atoms with Crippen molar-refractivity contribution in [2.75, 3.05) is 32.6 Å². The van der Waals surface area contributed by atoms with Crippen LogP contribution in [0.5, 0.6) is 0 Å². The molecule has 0 spiro atoms. The highest BCUT2D eigenvalue weighted by Crippen LogP contribution is 2.49. The number of nitrogens with zero attached hydrogens (tertiary/aromatic N) is 3. The van der Waals surface area contributed by atoms with E-state index in [0.29, 0.717) is 30.7 Å². The van der Waals surface area contributed by atoms with E-state index in [1.54, 1.807) is 26.1 Å². The molecule has 3 heterocycles. The number of fused-ring (bicyclic) bond motifs is 1. The molecule has 0 bridgehead atoms. The van der Waals surface area contributed by atoms with Crippen LogP contribution in [0, 0.1) is 0 Å². The second-order valence-electron chi connectivity index (χ2n) is 13.9. The molecule has 1 aliphatic rings. The molecule has 6 N–H and O–H groups in total. The number of aliphatic hydroxyl groups is 2. The van der Waals surface area contributed by atoms with Gasteiger partial charge in [-0.15, -0.1) is 0 Å². The summed E-state index contributed by atoms with van der Waals surface area (Å²) in [4.78, 5) is 14.4. The van der Waals surface area contributed by atoms with Crippen LogP contribution in [0.3, 0.4) is 0 Å². The summed E-state index contributed by atoms with van der Waals surface area (Å²) in [6, 6.07) is 2.87. The number of phosphoric ester groups is 1. The van der Waals surface area contributed by atoms with Gasteiger partial charge >= 0.3 is 7.82 Å². The molecule has 0 aromatic carbocycles. The third-order valence-corrected chi connectivity index (χ3v) is 11.1. The number of rotatable bonds is 28. The lowest BCUT2D eigenvalue weighted by molar-refractivity contribution is -0.131. The van der Waals surface area contributed by atoms with Crippen LogP contribution in [0.1, 0.15) is 136 Å². The monoisotopic (exact) mass is 727 g/mol. The van der Waals surface area contributed by atoms with Gasteiger partial charge in [0.15, 0.2) is 11.4 Å². The first-order valence-corrected chi connectivity index (χ1v) is 20.6. The predicted molar refractivity (Wildman–Crippen MR) is 196 cm³/mol. The molecule has 3 unspecified atom stereocenters. The minimum Gasteiger partial charge on any atom is -0.387 e. The fourth-order valence-corrected chi connectivity index (χ4v) is 7.85. The third-order valence-electron chi connectivity index (χ3n) is 9.98. The highest BCUT2D eigenvalue weighted by Gasteiger charge is 2.61. The second kappa shape index (κ2) is 22.4. The second-order valence-corrected chi connectivity index (χ2v) is 15.3. The lowest BCUT2D eigenvalue weighted by Crippen LogP contribution is -2.54. The summed E-state index contributed by atoms with van der Waals surface area (Å²) < 4.78 is 37.0. The number of nitrogens with two attached hydrogens (primary N) is 1. The minimum absolute atomic E-state index is 0.0114. The average Bonchev–Trinajstić information content (AvgIpc) is 3.65. The number of nitrogen functional groups attached to an aromatic ring is 1. The highest BCUT2D eigenvalue weighted by molar-refractivity contribution is 7.47. The molecule has 288 valence electrons. The summed E-state index contributed by atoms with van der Waals surface area (Å²) in [5.74, 6) is 0.241. The van der Waals surface area contributed by atoms with Crippen molar-refractivity contribution in [3.63, 3.8) is 0 Å². The van der Waals surface area contributed by atoms with Crippen LogP contribution in [0.15, 0.2) is 18.5 Å². The number of aromatic nitrogens is 3. The summed E-state index contributed by atoms with van der Waals surface area (Å²) in [6.07, 6.45) is 17.3. The van der Waals surface area contributed by atoms with Crippen LogP contribution in [-0.4, -0.2) is 87.0 Å². The van der Waals surface area contributed by atoms with Gasteiger partial charge < -0.3 is 35.6 Å². The van der Waals surface area contributed by atoms with Crippen LogP contribution in [0.2, 0.25) is 0 Å². The van der Waals surface area contributed by atoms with Gasteiger partial charge in [0.2, 0.25) is 0 Å². The number of unbranched alkanes of at least 4 members (excludes halogenated alkanes) is 15. The van der Waals surface area contributed by atoms with Crippen molar-refractivity contribution < 1.29 is 38.2 Å². The lowest BCUT2D eigenvalue weighted by atomic mass is 9.84. The summed E-state index contributed by atoms with van der Waals surface area (Å²) >= 11 is 0. The van der Waals surface area contributed by atoms with Crippen molar-refractivity contribution in [1.29, 1.82) is 0 Å². The zero-order valence-electron chi connectivity index (χ0n) is 31.0. The van der Waals surface area contributed by atoms with E-state index >= 15 is 0 Å². The van der Waals surface area contributed by atoms with Crippen molar-refractivity contribution >= 4 is 19.2 Å². The molecule has 13 nitrogen and oxygen atoms in total. The van der Waals surface area contributed by atoms with E-state index in [4.69, 9.17) is 24.3 Å². The molecule has 50 heavy (non-hydrogen) atoms. The highest BCUT2D eigenvalue weighted by atomic mass is 31.2. The molecule has 3 rings (SSSR count). The van der Waals surface area contributed by atoms with Gasteiger partial charge in [0.25, 0.3) is 0 Å². The van der Waals surface area contributed by atoms with Gasteiger partial charge in [0.1, 0.15) is 30.2 Å². The van der Waals surface area contributed by atoms with Crippen molar-refractivity contribution in [3.05, 3.63) is 24.2 Å². The van der Waals surface area contributed by atoms with E-state index in [2.05, 4.69) is 22.3 Å². The van der Waals surface area contributed by atoms with Crippen LogP contribution in [-0.2, 0) is 28.7 Å². The fourth-order valence-electron chi connectivity index (χ4n) is 6.89. The standard InChI is InChI=1S/C36H66N5O8P/c1-5-6-7-8-9-10-11-12-13-14-15-16-17-18-19-24-46-25-20-21-26-47-50(44,45)49-28(2)33-32(42)34(43)36(48-33,29(3)38-4)31-23-22-30-35(37)39-27-40-41(30)31/h22-23,27-29,32-34,38,42-43H,5-21,24-26H2,1-4H3,(H,44,45)(H2,37,39,40)/t28-,29?,32+,33?,34+,36-/m0/s1. The number of phosphoric acid groups is 1. The number of hydrogen-bond acceptors (Lipinski definition) is 11. The molecule has 0 radical (unpaired) electrons. The molecule has 0 amide bonds. The Morgan fingerprint density at radius 2 is 1.46 bits per heavy atom. The zero-order chi connectivity index (χ0) is 36.4. The maximum Gasteiger partial charge on any atom is 0.472 e. The minimum atomic E-state index is -4.49. The molecule has 1 aliphatic heterocycles. The van der Waals surface area contributed by atoms with Crippen LogP contribution >= 0.6 is 7.82 Å². The molecular formula is C36H66N5O8P. The fraction of sp³-hybridized carbons (Fsp3) is 0.833. The number of likely N-dealkylation sites (N-methyl/N-ethyl adjacent to an activating group) is 1. The molecule has 14 heteroatoms. The van der Waals surface area contributed by atoms with E-state index in [9.17, 15) is 19.7 Å². The maximum atomic E-state index is 12.8. The lowest BCUT2D eigenvalue weighted by Gasteiger charge is -2.37. The Bertz CT molecular complexity index is 1270. The molecule has 1 fully saturated rings. The van der Waals surface area contributed by atoms with Gasteiger partial charge in [0.05, 0.1) is 18.4 Å². The zero-order valence-corrected chi connectivity index (χ0v) is 31.9. The summed E-state index contributed by atoms with van der Waals surface area (Å²) in [6.45, 7) is 6.85. The van der Waals surface area contributed by atoms with E-state index < -0.39 is 43.9 Å². The van der Waals surface area contributed by atoms with Crippen LogP contribution in [0.4, 0.5) is 5.82 Å². The van der Waals surface area contributed by atoms with E-state index in [0.717, 1.165) is 13.0 Å². The molecule has 7 atom stereocenters. The molecule has 2 aromatic heterocycles. The Hall–Kier alpha value is -1.67. The quantitative estimate of drug-likeness (QED) is 0.0479. The summed E-state index contributed by atoms with van der Waals surface area (Å²) in [5, 5.41) is 29.9. The number of aliphatic hydroxyl groups excluding tert-OH is 2. The molecule has 2 aromatic rings.